The third-order valence-electron chi connectivity index (χ3n) is 6.30. The zero-order valence-corrected chi connectivity index (χ0v) is 24.8. The van der Waals surface area contributed by atoms with E-state index in [2.05, 4.69) is 5.32 Å². The van der Waals surface area contributed by atoms with Gasteiger partial charge in [-0.3, -0.25) is 13.9 Å². The van der Waals surface area contributed by atoms with Gasteiger partial charge in [0.05, 0.1) is 10.6 Å². The van der Waals surface area contributed by atoms with Crippen LogP contribution in [0.2, 0.25) is 10.0 Å². The van der Waals surface area contributed by atoms with Gasteiger partial charge in [-0.1, -0.05) is 72.1 Å². The van der Waals surface area contributed by atoms with Gasteiger partial charge in [-0.05, 0) is 68.7 Å². The molecule has 0 spiro atoms. The predicted molar refractivity (Wildman–Crippen MR) is 157 cm³/mol. The summed E-state index contributed by atoms with van der Waals surface area (Å²) in [6.07, 6.45) is 0.727. The van der Waals surface area contributed by atoms with E-state index in [1.807, 2.05) is 19.9 Å². The molecule has 0 saturated heterocycles. The Kier molecular flexibility index (Phi) is 10.4. The monoisotopic (exact) mass is 589 g/mol. The molecule has 1 atom stereocenters. The van der Waals surface area contributed by atoms with Gasteiger partial charge in [0.2, 0.25) is 11.8 Å². The molecule has 0 fully saturated rings. The van der Waals surface area contributed by atoms with Crippen LogP contribution in [0.4, 0.5) is 5.69 Å². The number of nitrogens with one attached hydrogen (secondary N) is 1. The summed E-state index contributed by atoms with van der Waals surface area (Å²) in [6, 6.07) is 17.3. The summed E-state index contributed by atoms with van der Waals surface area (Å²) in [6.45, 7) is 7.17. The molecular formula is C29H33Cl2N3O4S. The van der Waals surface area contributed by atoms with Gasteiger partial charge in [-0.25, -0.2) is 8.42 Å². The average Bonchev–Trinajstić information content (AvgIpc) is 2.90. The first-order valence-electron chi connectivity index (χ1n) is 12.6. The van der Waals surface area contributed by atoms with Crippen LogP contribution in [0.1, 0.15) is 37.0 Å². The molecule has 0 aliphatic carbocycles. The Labute approximate surface area is 240 Å². The number of nitrogens with zero attached hydrogens (tertiary/aromatic N) is 2. The molecule has 39 heavy (non-hydrogen) atoms. The number of hydrogen-bond donors (Lipinski definition) is 1. The summed E-state index contributed by atoms with van der Waals surface area (Å²) in [4.78, 5) is 28.3. The molecule has 1 N–H and O–H groups in total. The van der Waals surface area contributed by atoms with Gasteiger partial charge in [0, 0.05) is 23.1 Å². The Morgan fingerprint density at radius 3 is 2.28 bits per heavy atom. The second-order valence-electron chi connectivity index (χ2n) is 9.34. The summed E-state index contributed by atoms with van der Waals surface area (Å²) < 4.78 is 28.8. The highest BCUT2D eigenvalue weighted by molar-refractivity contribution is 7.92. The van der Waals surface area contributed by atoms with Gasteiger partial charge in [-0.2, -0.15) is 0 Å². The summed E-state index contributed by atoms with van der Waals surface area (Å²) in [5, 5.41) is 3.59. The number of halogens is 2. The third kappa shape index (κ3) is 7.53. The maximum absolute atomic E-state index is 14.0. The van der Waals surface area contributed by atoms with Crippen molar-refractivity contribution in [2.24, 2.45) is 0 Å². The lowest BCUT2D eigenvalue weighted by atomic mass is 10.1. The molecule has 2 amide bonds. The lowest BCUT2D eigenvalue weighted by Crippen LogP contribution is -2.51. The highest BCUT2D eigenvalue weighted by Gasteiger charge is 2.33. The summed E-state index contributed by atoms with van der Waals surface area (Å²) in [7, 11) is -4.12. The highest BCUT2D eigenvalue weighted by atomic mass is 35.5. The maximum atomic E-state index is 14.0. The topological polar surface area (TPSA) is 86.8 Å². The quantitative estimate of drug-likeness (QED) is 0.308. The zero-order valence-electron chi connectivity index (χ0n) is 22.4. The largest absolute Gasteiger partial charge is 0.354 e. The smallest absolute Gasteiger partial charge is 0.264 e. The Morgan fingerprint density at radius 1 is 0.974 bits per heavy atom. The Morgan fingerprint density at radius 2 is 1.67 bits per heavy atom. The number of carbonyl (C=O) groups excluding carboxylic acids is 2. The van der Waals surface area contributed by atoms with Crippen molar-refractivity contribution in [1.29, 1.82) is 0 Å². The van der Waals surface area contributed by atoms with Crippen molar-refractivity contribution in [3.63, 3.8) is 0 Å². The van der Waals surface area contributed by atoms with Crippen molar-refractivity contribution in [2.75, 3.05) is 17.4 Å². The molecule has 1 unspecified atom stereocenters. The van der Waals surface area contributed by atoms with E-state index < -0.39 is 28.5 Å². The SMILES string of the molecule is CCCNC(=O)C(C)N(Cc1ccc(Cl)cc1Cl)C(=O)CN(c1ccc(C)cc1C)S(=O)(=O)c1ccccc1. The second-order valence-corrected chi connectivity index (χ2v) is 12.0. The maximum Gasteiger partial charge on any atom is 0.264 e. The fraction of sp³-hybridized carbons (Fsp3) is 0.310. The average molecular weight is 591 g/mol. The van der Waals surface area contributed by atoms with Gasteiger partial charge in [0.25, 0.3) is 10.0 Å². The second kappa shape index (κ2) is 13.3. The molecule has 0 aromatic heterocycles. The fourth-order valence-corrected chi connectivity index (χ4v) is 6.10. The van der Waals surface area contributed by atoms with Crippen molar-refractivity contribution in [3.8, 4) is 0 Å². The van der Waals surface area contributed by atoms with Crippen LogP contribution in [-0.2, 0) is 26.2 Å². The van der Waals surface area contributed by atoms with E-state index in [9.17, 15) is 18.0 Å². The molecule has 3 aromatic carbocycles. The van der Waals surface area contributed by atoms with Gasteiger partial charge in [0.1, 0.15) is 12.6 Å². The van der Waals surface area contributed by atoms with Crippen molar-refractivity contribution in [1.82, 2.24) is 10.2 Å². The van der Waals surface area contributed by atoms with E-state index in [0.29, 0.717) is 33.4 Å². The van der Waals surface area contributed by atoms with E-state index >= 15 is 0 Å². The Balaban J connectivity index is 2.06. The number of rotatable bonds is 11. The van der Waals surface area contributed by atoms with Gasteiger partial charge in [-0.15, -0.1) is 0 Å². The fourth-order valence-electron chi connectivity index (χ4n) is 4.13. The minimum absolute atomic E-state index is 0.0123. The molecule has 0 saturated carbocycles. The molecule has 10 heteroatoms. The van der Waals surface area contributed by atoms with Gasteiger partial charge < -0.3 is 10.2 Å². The first-order valence-corrected chi connectivity index (χ1v) is 14.8. The number of benzene rings is 3. The molecule has 208 valence electrons. The standard InChI is InChI=1S/C29H33Cl2N3O4S/c1-5-15-32-29(36)22(4)33(18-23-12-13-24(30)17-26(23)31)28(35)19-34(27-14-11-20(2)16-21(27)3)39(37,38)25-9-7-6-8-10-25/h6-14,16-17,22H,5,15,18-19H2,1-4H3,(H,32,36). The van der Waals surface area contributed by atoms with E-state index in [1.165, 1.54) is 17.0 Å². The van der Waals surface area contributed by atoms with Crippen molar-refractivity contribution < 1.29 is 18.0 Å². The molecule has 0 aliphatic heterocycles. The van der Waals surface area contributed by atoms with E-state index in [4.69, 9.17) is 23.2 Å². The van der Waals surface area contributed by atoms with Crippen molar-refractivity contribution in [2.45, 2.75) is 51.6 Å². The van der Waals surface area contributed by atoms with E-state index in [0.717, 1.165) is 16.3 Å². The molecule has 3 aromatic rings. The molecule has 0 aliphatic rings. The van der Waals surface area contributed by atoms with Crippen LogP contribution in [-0.4, -0.2) is 44.3 Å². The molecule has 0 heterocycles. The van der Waals surface area contributed by atoms with Gasteiger partial charge >= 0.3 is 0 Å². The number of sulfonamides is 1. The van der Waals surface area contributed by atoms with Crippen LogP contribution >= 0.6 is 23.2 Å². The van der Waals surface area contributed by atoms with Crippen LogP contribution in [0.15, 0.2) is 71.6 Å². The first-order chi connectivity index (χ1) is 18.4. The lowest BCUT2D eigenvalue weighted by Gasteiger charge is -2.32. The van der Waals surface area contributed by atoms with Crippen molar-refractivity contribution in [3.05, 3.63) is 93.5 Å². The summed E-state index contributed by atoms with van der Waals surface area (Å²) in [5.74, 6) is -0.904. The van der Waals surface area contributed by atoms with E-state index in [1.54, 1.807) is 62.4 Å². The predicted octanol–water partition coefficient (Wildman–Crippen LogP) is 5.75. The number of carbonyl (C=O) groups is 2. The molecule has 3 rings (SSSR count). The van der Waals surface area contributed by atoms with Crippen LogP contribution in [0, 0.1) is 13.8 Å². The molecule has 0 bridgehead atoms. The number of amides is 2. The molecular weight excluding hydrogens is 557 g/mol. The van der Waals surface area contributed by atoms with Crippen LogP contribution in [0.5, 0.6) is 0 Å². The lowest BCUT2D eigenvalue weighted by molar-refractivity contribution is -0.139. The van der Waals surface area contributed by atoms with E-state index in [-0.39, 0.29) is 17.3 Å². The summed E-state index contributed by atoms with van der Waals surface area (Å²) in [5.41, 5.74) is 2.61. The number of anilines is 1. The van der Waals surface area contributed by atoms with Crippen LogP contribution in [0.25, 0.3) is 0 Å². The number of aryl methyl sites for hydroxylation is 2. The highest BCUT2D eigenvalue weighted by Crippen LogP contribution is 2.29. The van der Waals surface area contributed by atoms with Gasteiger partial charge in [0.15, 0.2) is 0 Å². The zero-order chi connectivity index (χ0) is 28.7. The Bertz CT molecular complexity index is 1430. The normalized spacial score (nSPS) is 12.1. The minimum atomic E-state index is -4.12. The van der Waals surface area contributed by atoms with Crippen LogP contribution < -0.4 is 9.62 Å². The molecule has 0 radical (unpaired) electrons. The third-order valence-corrected chi connectivity index (χ3v) is 8.66. The molecule has 7 nitrogen and oxygen atoms in total. The summed E-state index contributed by atoms with van der Waals surface area (Å²) >= 11 is 12.5. The first kappa shape index (κ1) is 30.5. The van der Waals surface area contributed by atoms with Crippen molar-refractivity contribution >= 4 is 50.7 Å². The van der Waals surface area contributed by atoms with Crippen LogP contribution in [0.3, 0.4) is 0 Å². The Hall–Kier alpha value is -3.07. The minimum Gasteiger partial charge on any atom is -0.354 e. The number of hydrogen-bond acceptors (Lipinski definition) is 4.